The standard InChI is InChI=1S/C13H22N2S/c1-3-15(8-11-4-5-11)9-12-6-13(7-14)16-10(12)2/h6,11H,3-5,7-9,14H2,1-2H3. The third-order valence-corrected chi connectivity index (χ3v) is 4.44. The van der Waals surface area contributed by atoms with Gasteiger partial charge in [0.1, 0.15) is 0 Å². The summed E-state index contributed by atoms with van der Waals surface area (Å²) >= 11 is 1.85. The van der Waals surface area contributed by atoms with Crippen LogP contribution < -0.4 is 5.73 Å². The van der Waals surface area contributed by atoms with E-state index in [4.69, 9.17) is 5.73 Å². The quantitative estimate of drug-likeness (QED) is 0.825. The Kier molecular flexibility index (Phi) is 4.00. The molecule has 1 aliphatic rings. The highest BCUT2D eigenvalue weighted by Crippen LogP contribution is 2.30. The Labute approximate surface area is 102 Å². The van der Waals surface area contributed by atoms with Gasteiger partial charge in [-0.2, -0.15) is 0 Å². The Morgan fingerprint density at radius 2 is 2.25 bits per heavy atom. The molecule has 0 unspecified atom stereocenters. The lowest BCUT2D eigenvalue weighted by Crippen LogP contribution is -2.25. The Hall–Kier alpha value is -0.380. The number of hydrogen-bond acceptors (Lipinski definition) is 3. The van der Waals surface area contributed by atoms with E-state index >= 15 is 0 Å². The van der Waals surface area contributed by atoms with Crippen molar-refractivity contribution in [3.8, 4) is 0 Å². The first-order valence-corrected chi connectivity index (χ1v) is 7.05. The number of nitrogens with two attached hydrogens (primary N) is 1. The van der Waals surface area contributed by atoms with Crippen LogP contribution in [0.25, 0.3) is 0 Å². The van der Waals surface area contributed by atoms with Crippen LogP contribution in [0.15, 0.2) is 6.07 Å². The monoisotopic (exact) mass is 238 g/mol. The molecule has 3 heteroatoms. The molecule has 0 atom stereocenters. The molecule has 0 spiro atoms. The van der Waals surface area contributed by atoms with Gasteiger partial charge in [-0.15, -0.1) is 11.3 Å². The van der Waals surface area contributed by atoms with Crippen LogP contribution in [0.3, 0.4) is 0 Å². The summed E-state index contributed by atoms with van der Waals surface area (Å²) in [5.74, 6) is 0.980. The highest BCUT2D eigenvalue weighted by atomic mass is 32.1. The highest BCUT2D eigenvalue weighted by Gasteiger charge is 2.23. The summed E-state index contributed by atoms with van der Waals surface area (Å²) in [5.41, 5.74) is 7.16. The zero-order chi connectivity index (χ0) is 11.5. The summed E-state index contributed by atoms with van der Waals surface area (Å²) in [6.45, 7) is 8.70. The molecule has 90 valence electrons. The lowest BCUT2D eigenvalue weighted by Gasteiger charge is -2.19. The molecule has 1 aliphatic carbocycles. The van der Waals surface area contributed by atoms with Crippen LogP contribution in [0.1, 0.15) is 35.1 Å². The Balaban J connectivity index is 1.96. The van der Waals surface area contributed by atoms with E-state index in [2.05, 4.69) is 24.8 Å². The minimum absolute atomic E-state index is 0.681. The van der Waals surface area contributed by atoms with Gasteiger partial charge >= 0.3 is 0 Å². The number of aryl methyl sites for hydroxylation is 1. The van der Waals surface area contributed by atoms with Crippen LogP contribution in [0.2, 0.25) is 0 Å². The van der Waals surface area contributed by atoms with E-state index in [1.165, 1.54) is 34.7 Å². The summed E-state index contributed by atoms with van der Waals surface area (Å²) in [6.07, 6.45) is 2.88. The zero-order valence-electron chi connectivity index (χ0n) is 10.3. The molecule has 1 heterocycles. The van der Waals surface area contributed by atoms with Crippen molar-refractivity contribution in [2.24, 2.45) is 11.7 Å². The molecule has 16 heavy (non-hydrogen) atoms. The van der Waals surface area contributed by atoms with Crippen molar-refractivity contribution in [2.75, 3.05) is 13.1 Å². The average Bonchev–Trinajstić information content (AvgIpc) is 3.02. The molecule has 0 aromatic carbocycles. The van der Waals surface area contributed by atoms with Crippen LogP contribution in [0.5, 0.6) is 0 Å². The minimum Gasteiger partial charge on any atom is -0.326 e. The first-order chi connectivity index (χ1) is 7.72. The van der Waals surface area contributed by atoms with Gasteiger partial charge in [0, 0.05) is 29.4 Å². The molecular formula is C13H22N2S. The van der Waals surface area contributed by atoms with Crippen molar-refractivity contribution >= 4 is 11.3 Å². The van der Waals surface area contributed by atoms with Gasteiger partial charge in [0.15, 0.2) is 0 Å². The molecule has 2 N–H and O–H groups in total. The van der Waals surface area contributed by atoms with Crippen molar-refractivity contribution in [3.05, 3.63) is 21.4 Å². The second-order valence-electron chi connectivity index (χ2n) is 4.77. The largest absolute Gasteiger partial charge is 0.326 e. The van der Waals surface area contributed by atoms with E-state index in [9.17, 15) is 0 Å². The summed E-state index contributed by atoms with van der Waals surface area (Å²) in [4.78, 5) is 5.32. The maximum absolute atomic E-state index is 5.68. The first-order valence-electron chi connectivity index (χ1n) is 6.23. The second kappa shape index (κ2) is 5.30. The van der Waals surface area contributed by atoms with Crippen molar-refractivity contribution in [3.63, 3.8) is 0 Å². The van der Waals surface area contributed by atoms with Gasteiger partial charge in [0.25, 0.3) is 0 Å². The van der Waals surface area contributed by atoms with Gasteiger partial charge in [0.2, 0.25) is 0 Å². The van der Waals surface area contributed by atoms with Gasteiger partial charge in [-0.25, -0.2) is 0 Å². The first kappa shape index (κ1) is 12.1. The predicted molar refractivity (Wildman–Crippen MR) is 70.6 cm³/mol. The maximum atomic E-state index is 5.68. The molecule has 0 aliphatic heterocycles. The predicted octanol–water partition coefficient (Wildman–Crippen LogP) is 2.75. The summed E-state index contributed by atoms with van der Waals surface area (Å²) in [7, 11) is 0. The molecule has 1 fully saturated rings. The van der Waals surface area contributed by atoms with Crippen LogP contribution in [0, 0.1) is 12.8 Å². The Morgan fingerprint density at radius 3 is 2.75 bits per heavy atom. The normalized spacial score (nSPS) is 16.0. The fraction of sp³-hybridized carbons (Fsp3) is 0.692. The third-order valence-electron chi connectivity index (χ3n) is 3.33. The van der Waals surface area contributed by atoms with Gasteiger partial charge in [-0.3, -0.25) is 4.90 Å². The molecule has 2 rings (SSSR count). The molecule has 1 aromatic heterocycles. The Morgan fingerprint density at radius 1 is 1.50 bits per heavy atom. The van der Waals surface area contributed by atoms with Gasteiger partial charge in [-0.1, -0.05) is 6.92 Å². The molecule has 0 amide bonds. The molecule has 2 nitrogen and oxygen atoms in total. The SMILES string of the molecule is CCN(Cc1cc(CN)sc1C)CC1CC1. The van der Waals surface area contributed by atoms with E-state index in [1.54, 1.807) is 0 Å². The fourth-order valence-electron chi connectivity index (χ4n) is 2.06. The lowest BCUT2D eigenvalue weighted by molar-refractivity contribution is 0.268. The van der Waals surface area contributed by atoms with E-state index < -0.39 is 0 Å². The Bertz CT molecular complexity index is 342. The molecule has 1 aromatic rings. The topological polar surface area (TPSA) is 29.3 Å². The van der Waals surface area contributed by atoms with Crippen molar-refractivity contribution in [1.82, 2.24) is 4.90 Å². The van der Waals surface area contributed by atoms with Gasteiger partial charge in [0.05, 0.1) is 0 Å². The van der Waals surface area contributed by atoms with Gasteiger partial charge < -0.3 is 5.73 Å². The van der Waals surface area contributed by atoms with Crippen molar-refractivity contribution in [2.45, 2.75) is 39.8 Å². The second-order valence-corrected chi connectivity index (χ2v) is 6.11. The fourth-order valence-corrected chi connectivity index (χ4v) is 2.99. The van der Waals surface area contributed by atoms with Crippen molar-refractivity contribution in [1.29, 1.82) is 0 Å². The number of nitrogens with zero attached hydrogens (tertiary/aromatic N) is 1. The summed E-state index contributed by atoms with van der Waals surface area (Å²) < 4.78 is 0. The van der Waals surface area contributed by atoms with E-state index in [-0.39, 0.29) is 0 Å². The summed E-state index contributed by atoms with van der Waals surface area (Å²) in [5, 5.41) is 0. The van der Waals surface area contributed by atoms with Crippen LogP contribution >= 0.6 is 11.3 Å². The number of thiophene rings is 1. The smallest absolute Gasteiger partial charge is 0.0274 e. The molecule has 0 bridgehead atoms. The van der Waals surface area contributed by atoms with Gasteiger partial charge in [-0.05, 0) is 43.9 Å². The minimum atomic E-state index is 0.681. The molecule has 1 saturated carbocycles. The average molecular weight is 238 g/mol. The summed E-state index contributed by atoms with van der Waals surface area (Å²) in [6, 6.07) is 2.29. The zero-order valence-corrected chi connectivity index (χ0v) is 11.1. The van der Waals surface area contributed by atoms with Crippen LogP contribution in [0.4, 0.5) is 0 Å². The molecule has 0 radical (unpaired) electrons. The van der Waals surface area contributed by atoms with E-state index in [0.717, 1.165) is 19.0 Å². The van der Waals surface area contributed by atoms with E-state index in [0.29, 0.717) is 6.54 Å². The lowest BCUT2D eigenvalue weighted by atomic mass is 10.2. The molecular weight excluding hydrogens is 216 g/mol. The number of rotatable bonds is 6. The van der Waals surface area contributed by atoms with Crippen LogP contribution in [-0.4, -0.2) is 18.0 Å². The third kappa shape index (κ3) is 3.06. The number of hydrogen-bond donors (Lipinski definition) is 1. The van der Waals surface area contributed by atoms with Crippen molar-refractivity contribution < 1.29 is 0 Å². The van der Waals surface area contributed by atoms with Crippen LogP contribution in [-0.2, 0) is 13.1 Å². The maximum Gasteiger partial charge on any atom is 0.0274 e. The highest BCUT2D eigenvalue weighted by molar-refractivity contribution is 7.12. The molecule has 0 saturated heterocycles. The van der Waals surface area contributed by atoms with E-state index in [1.807, 2.05) is 11.3 Å².